The Labute approximate surface area is 149 Å². The molecule has 2 atom stereocenters. The van der Waals surface area contributed by atoms with Crippen molar-refractivity contribution in [2.75, 3.05) is 5.32 Å². The Morgan fingerprint density at radius 2 is 1.68 bits per heavy atom. The zero-order chi connectivity index (χ0) is 17.6. The maximum Gasteiger partial charge on any atom is 0.227 e. The molecular formula is C21H25N3O. The molecule has 130 valence electrons. The zero-order valence-electron chi connectivity index (χ0n) is 14.9. The number of benzene rings is 2. The number of rotatable bonds is 7. The Hall–Kier alpha value is -2.49. The minimum Gasteiger partial charge on any atom is -0.326 e. The topological polar surface area (TPSA) is 53.8 Å². The van der Waals surface area contributed by atoms with Gasteiger partial charge in [-0.15, -0.1) is 0 Å². The largest absolute Gasteiger partial charge is 0.326 e. The third kappa shape index (κ3) is 5.24. The quantitative estimate of drug-likeness (QED) is 0.609. The second kappa shape index (κ2) is 8.06. The first kappa shape index (κ1) is 17.3. The second-order valence-corrected chi connectivity index (χ2v) is 7.15. The van der Waals surface area contributed by atoms with Crippen molar-refractivity contribution in [1.29, 1.82) is 0 Å². The Morgan fingerprint density at radius 3 is 2.32 bits per heavy atom. The fraction of sp³-hybridized carbons (Fsp3) is 0.381. The van der Waals surface area contributed by atoms with Crippen LogP contribution in [0.15, 0.2) is 64.8 Å². The number of carbonyl (C=O) groups excluding carboxylic acids is 1. The van der Waals surface area contributed by atoms with Crippen LogP contribution in [0.25, 0.3) is 0 Å². The van der Waals surface area contributed by atoms with E-state index in [1.807, 2.05) is 54.6 Å². The summed E-state index contributed by atoms with van der Waals surface area (Å²) in [5.41, 5.74) is 2.40. The van der Waals surface area contributed by atoms with Crippen LogP contribution < -0.4 is 5.32 Å². The van der Waals surface area contributed by atoms with Crippen LogP contribution in [0, 0.1) is 17.8 Å². The van der Waals surface area contributed by atoms with Gasteiger partial charge in [0.2, 0.25) is 5.91 Å². The van der Waals surface area contributed by atoms with Crippen molar-refractivity contribution in [1.82, 2.24) is 0 Å². The van der Waals surface area contributed by atoms with Gasteiger partial charge in [0, 0.05) is 11.6 Å². The molecule has 1 aliphatic carbocycles. The lowest BCUT2D eigenvalue weighted by atomic mass is 10.0. The molecule has 0 spiro atoms. The molecule has 1 amide bonds. The smallest absolute Gasteiger partial charge is 0.227 e. The van der Waals surface area contributed by atoms with Crippen molar-refractivity contribution in [3.05, 3.63) is 54.6 Å². The highest BCUT2D eigenvalue weighted by molar-refractivity contribution is 5.94. The molecule has 0 aromatic heterocycles. The van der Waals surface area contributed by atoms with E-state index in [1.165, 1.54) is 6.42 Å². The lowest BCUT2D eigenvalue weighted by molar-refractivity contribution is -0.117. The van der Waals surface area contributed by atoms with E-state index in [-0.39, 0.29) is 11.8 Å². The van der Waals surface area contributed by atoms with Gasteiger partial charge in [-0.3, -0.25) is 4.79 Å². The summed E-state index contributed by atoms with van der Waals surface area (Å²) in [5, 5.41) is 11.4. The number of nitrogens with zero attached hydrogens (tertiary/aromatic N) is 2. The number of nitrogens with one attached hydrogen (secondary N) is 1. The first-order valence-corrected chi connectivity index (χ1v) is 8.99. The standard InChI is InChI=1S/C21H25N3O/c1-15(2)8-9-16-14-20(16)21(25)22-17-10-12-19(13-11-17)24-23-18-6-4-3-5-7-18/h3-7,10-13,15-16,20H,8-9,14H2,1-2H3,(H,22,25). The Kier molecular flexibility index (Phi) is 5.59. The summed E-state index contributed by atoms with van der Waals surface area (Å²) in [6.45, 7) is 4.46. The molecule has 3 rings (SSSR count). The van der Waals surface area contributed by atoms with E-state index in [0.29, 0.717) is 11.8 Å². The SMILES string of the molecule is CC(C)CCC1CC1C(=O)Nc1ccc(N=Nc2ccccc2)cc1. The van der Waals surface area contributed by atoms with Crippen LogP contribution in [0.2, 0.25) is 0 Å². The summed E-state index contributed by atoms with van der Waals surface area (Å²) in [6.07, 6.45) is 3.39. The van der Waals surface area contributed by atoms with E-state index in [2.05, 4.69) is 29.4 Å². The Balaban J connectivity index is 1.50. The number of azo groups is 1. The normalized spacial score (nSPS) is 19.3. The molecule has 1 N–H and O–H groups in total. The van der Waals surface area contributed by atoms with Crippen molar-refractivity contribution in [3.63, 3.8) is 0 Å². The molecule has 0 radical (unpaired) electrons. The lowest BCUT2D eigenvalue weighted by Crippen LogP contribution is -2.14. The molecule has 2 unspecified atom stereocenters. The van der Waals surface area contributed by atoms with Crippen molar-refractivity contribution in [2.24, 2.45) is 28.0 Å². The van der Waals surface area contributed by atoms with E-state index in [4.69, 9.17) is 0 Å². The van der Waals surface area contributed by atoms with Gasteiger partial charge >= 0.3 is 0 Å². The molecule has 0 bridgehead atoms. The highest BCUT2D eigenvalue weighted by atomic mass is 16.2. The van der Waals surface area contributed by atoms with E-state index < -0.39 is 0 Å². The molecule has 0 saturated heterocycles. The third-order valence-corrected chi connectivity index (χ3v) is 4.55. The van der Waals surface area contributed by atoms with Crippen LogP contribution in [0.4, 0.5) is 17.1 Å². The molecule has 1 fully saturated rings. The predicted molar refractivity (Wildman–Crippen MR) is 101 cm³/mol. The zero-order valence-corrected chi connectivity index (χ0v) is 14.9. The highest BCUT2D eigenvalue weighted by Gasteiger charge is 2.42. The van der Waals surface area contributed by atoms with Gasteiger partial charge in [-0.25, -0.2) is 0 Å². The van der Waals surface area contributed by atoms with E-state index in [1.54, 1.807) is 0 Å². The van der Waals surface area contributed by atoms with Crippen molar-refractivity contribution < 1.29 is 4.79 Å². The summed E-state index contributed by atoms with van der Waals surface area (Å²) >= 11 is 0. The van der Waals surface area contributed by atoms with Gasteiger partial charge in [0.1, 0.15) is 0 Å². The van der Waals surface area contributed by atoms with Crippen molar-refractivity contribution >= 4 is 23.0 Å². The number of anilines is 1. The van der Waals surface area contributed by atoms with Gasteiger partial charge in [0.15, 0.2) is 0 Å². The third-order valence-electron chi connectivity index (χ3n) is 4.55. The van der Waals surface area contributed by atoms with Crippen LogP contribution in [0.3, 0.4) is 0 Å². The van der Waals surface area contributed by atoms with Gasteiger partial charge in [-0.05, 0) is 61.1 Å². The van der Waals surface area contributed by atoms with Gasteiger partial charge in [-0.1, -0.05) is 38.5 Å². The lowest BCUT2D eigenvalue weighted by Gasteiger charge is -2.06. The molecule has 4 heteroatoms. The first-order chi connectivity index (χ1) is 12.1. The number of hydrogen-bond acceptors (Lipinski definition) is 3. The summed E-state index contributed by atoms with van der Waals surface area (Å²) < 4.78 is 0. The molecule has 25 heavy (non-hydrogen) atoms. The molecule has 1 aliphatic rings. The number of carbonyl (C=O) groups is 1. The summed E-state index contributed by atoms with van der Waals surface area (Å²) in [5.74, 6) is 1.62. The predicted octanol–water partition coefficient (Wildman–Crippen LogP) is 6.11. The van der Waals surface area contributed by atoms with Crippen LogP contribution >= 0.6 is 0 Å². The molecular weight excluding hydrogens is 310 g/mol. The Bertz CT molecular complexity index is 723. The summed E-state index contributed by atoms with van der Waals surface area (Å²) in [7, 11) is 0. The van der Waals surface area contributed by atoms with E-state index in [9.17, 15) is 4.79 Å². The second-order valence-electron chi connectivity index (χ2n) is 7.15. The average Bonchev–Trinajstić information content (AvgIpc) is 3.40. The van der Waals surface area contributed by atoms with Gasteiger partial charge in [-0.2, -0.15) is 10.2 Å². The van der Waals surface area contributed by atoms with Gasteiger partial charge < -0.3 is 5.32 Å². The molecule has 0 heterocycles. The van der Waals surface area contributed by atoms with Crippen molar-refractivity contribution in [3.8, 4) is 0 Å². The molecule has 4 nitrogen and oxygen atoms in total. The maximum atomic E-state index is 12.3. The van der Waals surface area contributed by atoms with Crippen LogP contribution in [0.1, 0.15) is 33.1 Å². The monoisotopic (exact) mass is 335 g/mol. The van der Waals surface area contributed by atoms with Crippen LogP contribution in [-0.4, -0.2) is 5.91 Å². The fourth-order valence-electron chi connectivity index (χ4n) is 2.89. The molecule has 0 aliphatic heterocycles. The first-order valence-electron chi connectivity index (χ1n) is 8.99. The van der Waals surface area contributed by atoms with Crippen molar-refractivity contribution in [2.45, 2.75) is 33.1 Å². The average molecular weight is 335 g/mol. The number of hydrogen-bond donors (Lipinski definition) is 1. The fourth-order valence-corrected chi connectivity index (χ4v) is 2.89. The van der Waals surface area contributed by atoms with Gasteiger partial charge in [0.25, 0.3) is 0 Å². The Morgan fingerprint density at radius 1 is 1.04 bits per heavy atom. The van der Waals surface area contributed by atoms with E-state index in [0.717, 1.165) is 29.9 Å². The van der Waals surface area contributed by atoms with Crippen LogP contribution in [-0.2, 0) is 4.79 Å². The van der Waals surface area contributed by atoms with E-state index >= 15 is 0 Å². The summed E-state index contributed by atoms with van der Waals surface area (Å²) in [4.78, 5) is 12.3. The molecule has 1 saturated carbocycles. The highest BCUT2D eigenvalue weighted by Crippen LogP contribution is 2.43. The minimum absolute atomic E-state index is 0.146. The number of amides is 1. The molecule has 2 aromatic carbocycles. The summed E-state index contributed by atoms with van der Waals surface area (Å²) in [6, 6.07) is 17.1. The van der Waals surface area contributed by atoms with Crippen LogP contribution in [0.5, 0.6) is 0 Å². The van der Waals surface area contributed by atoms with Gasteiger partial charge in [0.05, 0.1) is 11.4 Å². The molecule has 2 aromatic rings. The minimum atomic E-state index is 0.146. The maximum absolute atomic E-state index is 12.3.